The second-order valence-electron chi connectivity index (χ2n) is 4.91. The van der Waals surface area contributed by atoms with Gasteiger partial charge in [-0.15, -0.1) is 0 Å². The van der Waals surface area contributed by atoms with E-state index in [0.717, 1.165) is 30.2 Å². The molecule has 1 saturated carbocycles. The van der Waals surface area contributed by atoms with Gasteiger partial charge in [-0.3, -0.25) is 0 Å². The molecule has 0 amide bonds. The fourth-order valence-corrected chi connectivity index (χ4v) is 2.82. The Bertz CT molecular complexity index is 459. The van der Waals surface area contributed by atoms with Crippen LogP contribution in [0.2, 0.25) is 0 Å². The molecule has 0 spiro atoms. The van der Waals surface area contributed by atoms with Gasteiger partial charge < -0.3 is 10.0 Å². The molecule has 2 heterocycles. The lowest BCUT2D eigenvalue weighted by molar-refractivity contribution is -0.250. The normalized spacial score (nSPS) is 29.0. The van der Waals surface area contributed by atoms with E-state index in [-0.39, 0.29) is 13.0 Å². The molecule has 0 radical (unpaired) electrons. The van der Waals surface area contributed by atoms with E-state index in [1.54, 1.807) is 0 Å². The van der Waals surface area contributed by atoms with E-state index in [9.17, 15) is 18.3 Å². The molecular formula is C10H12F3N3OS. The highest BCUT2D eigenvalue weighted by Gasteiger charge is 2.57. The molecule has 8 heteroatoms. The van der Waals surface area contributed by atoms with Crippen molar-refractivity contribution in [3.05, 3.63) is 5.82 Å². The molecular weight excluding hydrogens is 267 g/mol. The molecule has 100 valence electrons. The maximum absolute atomic E-state index is 12.7. The Morgan fingerprint density at radius 1 is 1.39 bits per heavy atom. The first kappa shape index (κ1) is 12.2. The van der Waals surface area contributed by atoms with Crippen molar-refractivity contribution in [2.45, 2.75) is 37.0 Å². The monoisotopic (exact) mass is 279 g/mol. The standard InChI is InChI=1S/C10H12F3N3OS/c11-10(12,13)9(17)3-4-16(5-9)8-14-7(15-18-8)6-1-2-6/h6,17H,1-5H2. The van der Waals surface area contributed by atoms with E-state index < -0.39 is 18.3 Å². The second-order valence-corrected chi connectivity index (χ2v) is 5.64. The summed E-state index contributed by atoms with van der Waals surface area (Å²) in [5.41, 5.74) is -2.61. The Kier molecular flexibility index (Phi) is 2.57. The number of rotatable bonds is 2. The molecule has 1 saturated heterocycles. The predicted molar refractivity (Wildman–Crippen MR) is 59.7 cm³/mol. The fourth-order valence-electron chi connectivity index (χ4n) is 2.05. The highest BCUT2D eigenvalue weighted by molar-refractivity contribution is 7.09. The van der Waals surface area contributed by atoms with Gasteiger partial charge >= 0.3 is 6.18 Å². The largest absolute Gasteiger partial charge is 0.419 e. The summed E-state index contributed by atoms with van der Waals surface area (Å²) < 4.78 is 42.2. The fraction of sp³-hybridized carbons (Fsp3) is 0.800. The predicted octanol–water partition coefficient (Wildman–Crippen LogP) is 1.92. The highest BCUT2D eigenvalue weighted by Crippen LogP contribution is 2.42. The second kappa shape index (κ2) is 3.80. The van der Waals surface area contributed by atoms with Gasteiger partial charge in [0.2, 0.25) is 5.13 Å². The molecule has 1 atom stereocenters. The minimum atomic E-state index is -4.59. The first-order valence-electron chi connectivity index (χ1n) is 5.77. The van der Waals surface area contributed by atoms with Gasteiger partial charge in [0.1, 0.15) is 5.82 Å². The van der Waals surface area contributed by atoms with E-state index in [0.29, 0.717) is 11.0 Å². The van der Waals surface area contributed by atoms with Crippen molar-refractivity contribution in [1.29, 1.82) is 0 Å². The van der Waals surface area contributed by atoms with Crippen molar-refractivity contribution >= 4 is 16.7 Å². The molecule has 4 nitrogen and oxygen atoms in total. The summed E-state index contributed by atoms with van der Waals surface area (Å²) in [6.07, 6.45) is -2.79. The minimum absolute atomic E-state index is 0.162. The van der Waals surface area contributed by atoms with Crippen LogP contribution in [0.4, 0.5) is 18.3 Å². The first-order chi connectivity index (χ1) is 8.39. The third-order valence-corrected chi connectivity index (χ3v) is 4.21. The van der Waals surface area contributed by atoms with Crippen molar-refractivity contribution in [2.24, 2.45) is 0 Å². The van der Waals surface area contributed by atoms with Crippen LogP contribution in [0.3, 0.4) is 0 Å². The zero-order chi connectivity index (χ0) is 13.0. The SMILES string of the molecule is OC1(C(F)(F)F)CCN(c2nc(C3CC3)ns2)C1. The maximum atomic E-state index is 12.7. The lowest BCUT2D eigenvalue weighted by Crippen LogP contribution is -2.47. The van der Waals surface area contributed by atoms with Crippen LogP contribution in [0.5, 0.6) is 0 Å². The Labute approximate surface area is 106 Å². The van der Waals surface area contributed by atoms with E-state index >= 15 is 0 Å². The van der Waals surface area contributed by atoms with Gasteiger partial charge in [-0.2, -0.15) is 17.5 Å². The van der Waals surface area contributed by atoms with Crippen LogP contribution in [0, 0.1) is 0 Å². The van der Waals surface area contributed by atoms with Crippen LogP contribution in [-0.2, 0) is 0 Å². The smallest absolute Gasteiger partial charge is 0.379 e. The summed E-state index contributed by atoms with van der Waals surface area (Å²) in [4.78, 5) is 5.73. The van der Waals surface area contributed by atoms with Gasteiger partial charge in [0.15, 0.2) is 5.60 Å². The van der Waals surface area contributed by atoms with Gasteiger partial charge in [0.25, 0.3) is 0 Å². The number of β-amino-alcohol motifs (C(OH)–C–C–N with tert-alkyl or cyclic N) is 1. The Hall–Kier alpha value is -0.890. The lowest BCUT2D eigenvalue weighted by Gasteiger charge is -2.25. The highest BCUT2D eigenvalue weighted by atomic mass is 32.1. The summed E-state index contributed by atoms with van der Waals surface area (Å²) >= 11 is 1.11. The Balaban J connectivity index is 1.74. The first-order valence-corrected chi connectivity index (χ1v) is 6.54. The number of hydrogen-bond acceptors (Lipinski definition) is 5. The van der Waals surface area contributed by atoms with Crippen molar-refractivity contribution in [3.63, 3.8) is 0 Å². The molecule has 1 aromatic rings. The quantitative estimate of drug-likeness (QED) is 0.898. The van der Waals surface area contributed by atoms with Gasteiger partial charge in [-0.05, 0) is 12.8 Å². The molecule has 1 aliphatic heterocycles. The van der Waals surface area contributed by atoms with Gasteiger partial charge in [0, 0.05) is 30.4 Å². The Morgan fingerprint density at radius 3 is 2.67 bits per heavy atom. The number of hydrogen-bond donors (Lipinski definition) is 1. The van der Waals surface area contributed by atoms with E-state index in [2.05, 4.69) is 9.36 Å². The lowest BCUT2D eigenvalue weighted by atomic mass is 10.0. The van der Waals surface area contributed by atoms with Crippen molar-refractivity contribution in [1.82, 2.24) is 9.36 Å². The third kappa shape index (κ3) is 1.97. The molecule has 2 aliphatic rings. The molecule has 0 aromatic carbocycles. The number of alkyl halides is 3. The summed E-state index contributed by atoms with van der Waals surface area (Å²) in [7, 11) is 0. The zero-order valence-electron chi connectivity index (χ0n) is 9.44. The van der Waals surface area contributed by atoms with Crippen LogP contribution < -0.4 is 4.90 Å². The molecule has 3 rings (SSSR count). The van der Waals surface area contributed by atoms with E-state index in [1.807, 2.05) is 0 Å². The van der Waals surface area contributed by atoms with Crippen molar-refractivity contribution in [2.75, 3.05) is 18.0 Å². The summed E-state index contributed by atoms with van der Waals surface area (Å²) in [6.45, 7) is -0.287. The molecule has 1 N–H and O–H groups in total. The van der Waals surface area contributed by atoms with E-state index in [1.165, 1.54) is 4.90 Å². The third-order valence-electron chi connectivity index (χ3n) is 3.42. The zero-order valence-corrected chi connectivity index (χ0v) is 10.3. The molecule has 1 aromatic heterocycles. The van der Waals surface area contributed by atoms with Crippen molar-refractivity contribution < 1.29 is 18.3 Å². The summed E-state index contributed by atoms with van der Waals surface area (Å²) in [6, 6.07) is 0. The van der Waals surface area contributed by atoms with Crippen LogP contribution in [-0.4, -0.2) is 39.3 Å². The summed E-state index contributed by atoms with van der Waals surface area (Å²) in [5.74, 6) is 1.12. The molecule has 1 unspecified atom stereocenters. The minimum Gasteiger partial charge on any atom is -0.379 e. The Morgan fingerprint density at radius 2 is 2.11 bits per heavy atom. The van der Waals surface area contributed by atoms with Crippen LogP contribution in [0.1, 0.15) is 31.0 Å². The number of halogens is 3. The number of anilines is 1. The molecule has 2 fully saturated rings. The van der Waals surface area contributed by atoms with Gasteiger partial charge in [0.05, 0.1) is 6.54 Å². The molecule has 1 aliphatic carbocycles. The van der Waals surface area contributed by atoms with Gasteiger partial charge in [-0.25, -0.2) is 4.98 Å². The van der Waals surface area contributed by atoms with Crippen LogP contribution in [0.25, 0.3) is 0 Å². The van der Waals surface area contributed by atoms with E-state index in [4.69, 9.17) is 0 Å². The van der Waals surface area contributed by atoms with Crippen LogP contribution in [0.15, 0.2) is 0 Å². The number of aliphatic hydroxyl groups is 1. The molecule has 18 heavy (non-hydrogen) atoms. The topological polar surface area (TPSA) is 49.2 Å². The average Bonchev–Trinajstić information content (AvgIpc) is 2.86. The average molecular weight is 279 g/mol. The van der Waals surface area contributed by atoms with Gasteiger partial charge in [-0.1, -0.05) is 0 Å². The van der Waals surface area contributed by atoms with Crippen LogP contribution >= 0.6 is 11.5 Å². The number of aromatic nitrogens is 2. The number of nitrogens with zero attached hydrogens (tertiary/aromatic N) is 3. The van der Waals surface area contributed by atoms with Crippen molar-refractivity contribution in [3.8, 4) is 0 Å². The molecule has 0 bridgehead atoms. The maximum Gasteiger partial charge on any atom is 0.419 e. The summed E-state index contributed by atoms with van der Waals surface area (Å²) in [5, 5.41) is 10.1.